The lowest BCUT2D eigenvalue weighted by Gasteiger charge is -2.33. The van der Waals surface area contributed by atoms with E-state index in [0.29, 0.717) is 16.7 Å². The second kappa shape index (κ2) is 4.92. The number of aliphatic hydroxyl groups excluding tert-OH is 1. The summed E-state index contributed by atoms with van der Waals surface area (Å²) in [5.74, 6) is 0.179. The molecule has 19 heavy (non-hydrogen) atoms. The van der Waals surface area contributed by atoms with Gasteiger partial charge in [-0.05, 0) is 31.3 Å². The van der Waals surface area contributed by atoms with Crippen molar-refractivity contribution < 1.29 is 13.9 Å². The molecule has 3 rings (SSSR count). The molecule has 5 heteroatoms. The Balaban J connectivity index is 1.86. The fourth-order valence-corrected chi connectivity index (χ4v) is 2.52. The lowest BCUT2D eigenvalue weighted by atomic mass is 10.1. The number of rotatable bonds is 2. The smallest absolute Gasteiger partial charge is 0.135 e. The number of hydrogen-bond acceptors (Lipinski definition) is 4. The summed E-state index contributed by atoms with van der Waals surface area (Å²) in [5.41, 5.74) is 0.597. The summed E-state index contributed by atoms with van der Waals surface area (Å²) in [6.07, 6.45) is -0.724. The van der Waals surface area contributed by atoms with Crippen LogP contribution in [0.1, 0.15) is 11.9 Å². The predicted molar refractivity (Wildman–Crippen MR) is 70.4 cm³/mol. The number of piperazine rings is 1. The monoisotopic (exact) mass is 264 g/mol. The molecule has 0 radical (unpaired) electrons. The van der Waals surface area contributed by atoms with E-state index in [2.05, 4.69) is 10.2 Å². The molecule has 0 bridgehead atoms. The zero-order valence-corrected chi connectivity index (χ0v) is 10.8. The van der Waals surface area contributed by atoms with Crippen molar-refractivity contribution in [3.8, 4) is 0 Å². The van der Waals surface area contributed by atoms with Gasteiger partial charge in [-0.3, -0.25) is 0 Å². The van der Waals surface area contributed by atoms with Crippen LogP contribution >= 0.6 is 0 Å². The molecule has 0 spiro atoms. The molecule has 2 unspecified atom stereocenters. The van der Waals surface area contributed by atoms with Gasteiger partial charge in [-0.25, -0.2) is 4.39 Å². The van der Waals surface area contributed by atoms with Gasteiger partial charge >= 0.3 is 0 Å². The minimum absolute atomic E-state index is 0.0656. The minimum atomic E-state index is -0.724. The number of aliphatic hydroxyl groups is 1. The van der Waals surface area contributed by atoms with Gasteiger partial charge in [-0.1, -0.05) is 0 Å². The molecule has 1 fully saturated rings. The summed E-state index contributed by atoms with van der Waals surface area (Å²) in [4.78, 5) is 2.16. The van der Waals surface area contributed by atoms with E-state index in [1.54, 1.807) is 12.1 Å². The van der Waals surface area contributed by atoms with Gasteiger partial charge in [0.1, 0.15) is 23.3 Å². The Kier molecular flexibility index (Phi) is 3.26. The number of fused-ring (bicyclic) bond motifs is 1. The van der Waals surface area contributed by atoms with Crippen LogP contribution < -0.4 is 5.32 Å². The van der Waals surface area contributed by atoms with E-state index in [9.17, 15) is 9.50 Å². The third-order valence-corrected chi connectivity index (χ3v) is 3.58. The van der Waals surface area contributed by atoms with Gasteiger partial charge in [-0.15, -0.1) is 0 Å². The average molecular weight is 264 g/mol. The van der Waals surface area contributed by atoms with E-state index < -0.39 is 6.10 Å². The number of nitrogens with one attached hydrogen (secondary N) is 1. The first kappa shape index (κ1) is 12.6. The third-order valence-electron chi connectivity index (χ3n) is 3.58. The molecule has 2 aromatic rings. The van der Waals surface area contributed by atoms with Crippen LogP contribution in [-0.2, 0) is 0 Å². The van der Waals surface area contributed by atoms with Crippen LogP contribution in [-0.4, -0.2) is 42.7 Å². The highest BCUT2D eigenvalue weighted by Crippen LogP contribution is 2.27. The normalized spacial score (nSPS) is 22.8. The highest BCUT2D eigenvalue weighted by atomic mass is 19.1. The largest absolute Gasteiger partial charge is 0.458 e. The van der Waals surface area contributed by atoms with Crippen LogP contribution in [0, 0.1) is 5.82 Å². The Morgan fingerprint density at radius 1 is 1.47 bits per heavy atom. The molecule has 2 heterocycles. The molecule has 1 aromatic heterocycles. The van der Waals surface area contributed by atoms with Crippen LogP contribution in [0.2, 0.25) is 0 Å². The lowest BCUT2D eigenvalue weighted by molar-refractivity contribution is 0.0732. The number of nitrogens with zero attached hydrogens (tertiary/aromatic N) is 1. The summed E-state index contributed by atoms with van der Waals surface area (Å²) in [5, 5.41) is 14.3. The van der Waals surface area contributed by atoms with Crippen LogP contribution in [0.4, 0.5) is 4.39 Å². The van der Waals surface area contributed by atoms with Crippen molar-refractivity contribution in [2.45, 2.75) is 12.1 Å². The molecule has 0 amide bonds. The van der Waals surface area contributed by atoms with E-state index in [0.717, 1.165) is 19.6 Å². The van der Waals surface area contributed by atoms with Crippen LogP contribution in [0.5, 0.6) is 0 Å². The molecule has 0 saturated carbocycles. The number of likely N-dealkylation sites (N-methyl/N-ethyl adjacent to an activating group) is 1. The standard InChI is InChI=1S/C14H17FN2O2/c1-17-5-4-16-11(8-17)14(18)13-7-9-6-10(15)2-3-12(9)19-13/h2-3,6-7,11,14,16,18H,4-5,8H2,1H3. The Bertz CT molecular complexity index is 584. The summed E-state index contributed by atoms with van der Waals surface area (Å²) in [6, 6.07) is 5.99. The molecule has 1 aromatic carbocycles. The molecular formula is C14H17FN2O2. The van der Waals surface area contributed by atoms with Crippen molar-refractivity contribution in [3.05, 3.63) is 35.8 Å². The Morgan fingerprint density at radius 2 is 2.32 bits per heavy atom. The molecule has 1 saturated heterocycles. The number of halogens is 1. The van der Waals surface area contributed by atoms with E-state index in [4.69, 9.17) is 4.42 Å². The van der Waals surface area contributed by atoms with Crippen LogP contribution in [0.25, 0.3) is 11.0 Å². The zero-order valence-electron chi connectivity index (χ0n) is 10.8. The van der Waals surface area contributed by atoms with Gasteiger partial charge in [0, 0.05) is 25.0 Å². The summed E-state index contributed by atoms with van der Waals surface area (Å²) < 4.78 is 18.7. The van der Waals surface area contributed by atoms with Crippen molar-refractivity contribution >= 4 is 11.0 Å². The maximum Gasteiger partial charge on any atom is 0.135 e. The SMILES string of the molecule is CN1CCNC(C(O)c2cc3cc(F)ccc3o2)C1. The molecule has 102 valence electrons. The van der Waals surface area contributed by atoms with Gasteiger partial charge in [0.2, 0.25) is 0 Å². The van der Waals surface area contributed by atoms with Crippen molar-refractivity contribution in [1.29, 1.82) is 0 Å². The van der Waals surface area contributed by atoms with E-state index >= 15 is 0 Å². The Hall–Kier alpha value is -1.43. The van der Waals surface area contributed by atoms with Crippen molar-refractivity contribution in [3.63, 3.8) is 0 Å². The zero-order chi connectivity index (χ0) is 13.4. The summed E-state index contributed by atoms with van der Waals surface area (Å²) in [6.45, 7) is 2.56. The maximum atomic E-state index is 13.1. The first-order valence-electron chi connectivity index (χ1n) is 6.42. The molecule has 2 N–H and O–H groups in total. The molecular weight excluding hydrogens is 247 g/mol. The second-order valence-electron chi connectivity index (χ2n) is 5.10. The van der Waals surface area contributed by atoms with Crippen molar-refractivity contribution in [2.75, 3.05) is 26.7 Å². The van der Waals surface area contributed by atoms with Crippen molar-refractivity contribution in [2.24, 2.45) is 0 Å². The highest BCUT2D eigenvalue weighted by molar-refractivity contribution is 5.78. The first-order chi connectivity index (χ1) is 9.13. The van der Waals surface area contributed by atoms with Gasteiger partial charge in [-0.2, -0.15) is 0 Å². The van der Waals surface area contributed by atoms with Crippen LogP contribution in [0.15, 0.2) is 28.7 Å². The van der Waals surface area contributed by atoms with Gasteiger partial charge < -0.3 is 19.7 Å². The van der Waals surface area contributed by atoms with E-state index in [1.165, 1.54) is 12.1 Å². The fourth-order valence-electron chi connectivity index (χ4n) is 2.52. The molecule has 1 aliphatic rings. The Labute approximate surface area is 110 Å². The summed E-state index contributed by atoms with van der Waals surface area (Å²) >= 11 is 0. The Morgan fingerprint density at radius 3 is 3.11 bits per heavy atom. The predicted octanol–water partition coefficient (Wildman–Crippen LogP) is 1.51. The average Bonchev–Trinajstić information content (AvgIpc) is 2.80. The summed E-state index contributed by atoms with van der Waals surface area (Å²) in [7, 11) is 2.02. The quantitative estimate of drug-likeness (QED) is 0.863. The lowest BCUT2D eigenvalue weighted by Crippen LogP contribution is -2.51. The number of benzene rings is 1. The van der Waals surface area contributed by atoms with Gasteiger partial charge in [0.05, 0.1) is 6.04 Å². The second-order valence-corrected chi connectivity index (χ2v) is 5.10. The molecule has 0 aliphatic carbocycles. The molecule has 1 aliphatic heterocycles. The van der Waals surface area contributed by atoms with Crippen molar-refractivity contribution in [1.82, 2.24) is 10.2 Å². The van der Waals surface area contributed by atoms with E-state index in [-0.39, 0.29) is 11.9 Å². The van der Waals surface area contributed by atoms with Gasteiger partial charge in [0.15, 0.2) is 0 Å². The molecule has 4 nitrogen and oxygen atoms in total. The fraction of sp³-hybridized carbons (Fsp3) is 0.429. The number of hydrogen-bond donors (Lipinski definition) is 2. The maximum absolute atomic E-state index is 13.1. The highest BCUT2D eigenvalue weighted by Gasteiger charge is 2.27. The van der Waals surface area contributed by atoms with E-state index in [1.807, 2.05) is 7.05 Å². The van der Waals surface area contributed by atoms with Gasteiger partial charge in [0.25, 0.3) is 0 Å². The third kappa shape index (κ3) is 2.49. The number of furan rings is 1. The molecule has 2 atom stereocenters. The minimum Gasteiger partial charge on any atom is -0.458 e. The topological polar surface area (TPSA) is 48.6 Å². The van der Waals surface area contributed by atoms with Crippen LogP contribution in [0.3, 0.4) is 0 Å². The first-order valence-corrected chi connectivity index (χ1v) is 6.42.